The molecule has 2 N–H and O–H groups in total. The van der Waals surface area contributed by atoms with Gasteiger partial charge in [-0.25, -0.2) is 0 Å². The van der Waals surface area contributed by atoms with Crippen molar-refractivity contribution < 1.29 is 19.7 Å². The number of aliphatic hydroxyl groups is 1. The molecule has 118 valence electrons. The Labute approximate surface area is 137 Å². The molecule has 0 aliphatic rings. The fraction of sp³-hybridized carbons (Fsp3) is 0.333. The summed E-state index contributed by atoms with van der Waals surface area (Å²) in [6.07, 6.45) is 0. The van der Waals surface area contributed by atoms with Gasteiger partial charge in [-0.3, -0.25) is 4.79 Å². The summed E-state index contributed by atoms with van der Waals surface area (Å²) >= 11 is 3.13. The van der Waals surface area contributed by atoms with Crippen LogP contribution in [0.5, 0.6) is 11.5 Å². The van der Waals surface area contributed by atoms with Crippen LogP contribution in [0.3, 0.4) is 0 Å². The van der Waals surface area contributed by atoms with Crippen molar-refractivity contribution in [3.8, 4) is 17.6 Å². The number of hydrogen-bond acceptors (Lipinski definition) is 5. The molecule has 0 unspecified atom stereocenters. The lowest BCUT2D eigenvalue weighted by molar-refractivity contribution is -0.126. The van der Waals surface area contributed by atoms with Crippen LogP contribution in [0.15, 0.2) is 22.2 Å². The summed E-state index contributed by atoms with van der Waals surface area (Å²) in [6, 6.07) is 4.49. The molecule has 0 aliphatic carbocycles. The van der Waals surface area contributed by atoms with E-state index in [4.69, 9.17) is 4.74 Å². The van der Waals surface area contributed by atoms with E-state index < -0.39 is 11.7 Å². The van der Waals surface area contributed by atoms with Gasteiger partial charge in [0.2, 0.25) is 0 Å². The summed E-state index contributed by atoms with van der Waals surface area (Å²) in [7, 11) is 1.36. The van der Waals surface area contributed by atoms with Crippen LogP contribution < -0.4 is 4.74 Å². The Balaban J connectivity index is 3.42. The Kier molecular flexibility index (Phi) is 6.25. The molecule has 22 heavy (non-hydrogen) atoms. The average molecular weight is 369 g/mol. The van der Waals surface area contributed by atoms with Crippen molar-refractivity contribution in [2.45, 2.75) is 13.8 Å². The number of phenols is 1. The molecular weight excluding hydrogens is 352 g/mol. The van der Waals surface area contributed by atoms with Crippen molar-refractivity contribution in [3.05, 3.63) is 27.7 Å². The van der Waals surface area contributed by atoms with Gasteiger partial charge in [0.1, 0.15) is 11.8 Å². The number of halogens is 1. The van der Waals surface area contributed by atoms with E-state index in [2.05, 4.69) is 15.9 Å². The Morgan fingerprint density at radius 1 is 1.41 bits per heavy atom. The monoisotopic (exact) mass is 368 g/mol. The lowest BCUT2D eigenvalue weighted by atomic mass is 10.1. The van der Waals surface area contributed by atoms with E-state index >= 15 is 0 Å². The molecule has 0 heterocycles. The van der Waals surface area contributed by atoms with E-state index in [0.717, 1.165) is 0 Å². The first kappa shape index (κ1) is 17.9. The zero-order chi connectivity index (χ0) is 16.9. The minimum Gasteiger partial charge on any atom is -0.506 e. The fourth-order valence-corrected chi connectivity index (χ4v) is 2.32. The maximum absolute atomic E-state index is 12.3. The van der Waals surface area contributed by atoms with Gasteiger partial charge in [-0.1, -0.05) is 0 Å². The number of methoxy groups -OCH3 is 1. The quantitative estimate of drug-likeness (QED) is 0.473. The summed E-state index contributed by atoms with van der Waals surface area (Å²) in [5, 5.41) is 29.3. The number of nitriles is 1. The molecular formula is C15H17BrN2O4. The molecule has 0 bridgehead atoms. The Morgan fingerprint density at radius 3 is 2.45 bits per heavy atom. The van der Waals surface area contributed by atoms with Crippen molar-refractivity contribution in [2.24, 2.45) is 0 Å². The highest BCUT2D eigenvalue weighted by atomic mass is 79.9. The topological polar surface area (TPSA) is 93.8 Å². The number of aliphatic hydroxyl groups excluding tert-OH is 1. The van der Waals surface area contributed by atoms with E-state index in [1.54, 1.807) is 19.9 Å². The van der Waals surface area contributed by atoms with Gasteiger partial charge >= 0.3 is 0 Å². The van der Waals surface area contributed by atoms with E-state index in [1.807, 2.05) is 0 Å². The highest BCUT2D eigenvalue weighted by Crippen LogP contribution is 2.37. The van der Waals surface area contributed by atoms with Crippen LogP contribution >= 0.6 is 15.9 Å². The average Bonchev–Trinajstić information content (AvgIpc) is 2.51. The van der Waals surface area contributed by atoms with Crippen molar-refractivity contribution in [1.82, 2.24) is 4.90 Å². The molecule has 0 fully saturated rings. The van der Waals surface area contributed by atoms with Gasteiger partial charge in [0, 0.05) is 18.7 Å². The molecule has 1 rings (SSSR count). The van der Waals surface area contributed by atoms with Gasteiger partial charge in [0.05, 0.1) is 11.6 Å². The lowest BCUT2D eigenvalue weighted by Crippen LogP contribution is -2.31. The minimum atomic E-state index is -0.548. The third-order valence-corrected chi connectivity index (χ3v) is 3.74. The standard InChI is InChI=1S/C15H17BrN2O4/c1-4-18(5-2)15(21)10(8-17)13(19)9-6-11(16)14(20)12(7-9)22-3/h6-7,19-20H,4-5H2,1-3H3/b13-10-. The largest absolute Gasteiger partial charge is 0.506 e. The summed E-state index contributed by atoms with van der Waals surface area (Å²) in [5.41, 5.74) is -0.165. The third-order valence-electron chi connectivity index (χ3n) is 3.13. The predicted molar refractivity (Wildman–Crippen MR) is 85.4 cm³/mol. The molecule has 0 aromatic heterocycles. The molecule has 0 saturated carbocycles. The van der Waals surface area contributed by atoms with Gasteiger partial charge in [-0.15, -0.1) is 0 Å². The second kappa shape index (κ2) is 7.71. The van der Waals surface area contributed by atoms with Crippen LogP contribution in [0.25, 0.3) is 5.76 Å². The number of nitrogens with zero attached hydrogens (tertiary/aromatic N) is 2. The fourth-order valence-electron chi connectivity index (χ4n) is 1.88. The summed E-state index contributed by atoms with van der Waals surface area (Å²) < 4.78 is 5.27. The second-order valence-electron chi connectivity index (χ2n) is 4.32. The molecule has 0 atom stereocenters. The van der Waals surface area contributed by atoms with Crippen LogP contribution in [-0.2, 0) is 4.79 Å². The van der Waals surface area contributed by atoms with Gasteiger partial charge in [-0.05, 0) is 41.9 Å². The summed E-state index contributed by atoms with van der Waals surface area (Å²) in [5.74, 6) is -1.03. The van der Waals surface area contributed by atoms with Gasteiger partial charge in [-0.2, -0.15) is 5.26 Å². The minimum absolute atomic E-state index is 0.114. The van der Waals surface area contributed by atoms with Gasteiger partial charge in [0.25, 0.3) is 5.91 Å². The van der Waals surface area contributed by atoms with Gasteiger partial charge in [0.15, 0.2) is 17.1 Å². The maximum Gasteiger partial charge on any atom is 0.268 e. The smallest absolute Gasteiger partial charge is 0.268 e. The molecule has 1 aromatic carbocycles. The van der Waals surface area contributed by atoms with Crippen LogP contribution in [0, 0.1) is 11.3 Å². The summed E-state index contributed by atoms with van der Waals surface area (Å²) in [6.45, 7) is 4.42. The number of rotatable bonds is 5. The molecule has 1 aromatic rings. The van der Waals surface area contributed by atoms with Crippen molar-refractivity contribution in [3.63, 3.8) is 0 Å². The number of benzene rings is 1. The van der Waals surface area contributed by atoms with Crippen molar-refractivity contribution in [1.29, 1.82) is 5.26 Å². The predicted octanol–water partition coefficient (Wildman–Crippen LogP) is 2.82. The normalized spacial score (nSPS) is 11.4. The Bertz CT molecular complexity index is 646. The molecule has 0 saturated heterocycles. The van der Waals surface area contributed by atoms with Crippen LogP contribution in [0.1, 0.15) is 19.4 Å². The highest BCUT2D eigenvalue weighted by Gasteiger charge is 2.22. The van der Waals surface area contributed by atoms with Crippen molar-refractivity contribution >= 4 is 27.6 Å². The number of likely N-dealkylation sites (N-methyl/N-ethyl adjacent to an activating group) is 1. The van der Waals surface area contributed by atoms with Crippen LogP contribution in [0.2, 0.25) is 0 Å². The number of carbonyl (C=O) groups is 1. The SMILES string of the molecule is CCN(CC)C(=O)/C(C#N)=C(\O)c1cc(Br)c(O)c(OC)c1. The first-order valence-electron chi connectivity index (χ1n) is 6.60. The molecule has 1 amide bonds. The number of amides is 1. The third kappa shape index (κ3) is 3.52. The Morgan fingerprint density at radius 2 is 2.00 bits per heavy atom. The zero-order valence-corrected chi connectivity index (χ0v) is 14.1. The first-order valence-corrected chi connectivity index (χ1v) is 7.39. The molecule has 6 nitrogen and oxygen atoms in total. The molecule has 7 heteroatoms. The zero-order valence-electron chi connectivity index (χ0n) is 12.6. The van der Waals surface area contributed by atoms with E-state index in [0.29, 0.717) is 13.1 Å². The second-order valence-corrected chi connectivity index (χ2v) is 5.18. The molecule has 0 radical (unpaired) electrons. The number of hydrogen-bond donors (Lipinski definition) is 2. The number of ether oxygens (including phenoxy) is 1. The van der Waals surface area contributed by atoms with Gasteiger partial charge < -0.3 is 19.8 Å². The van der Waals surface area contributed by atoms with Crippen LogP contribution in [0.4, 0.5) is 0 Å². The van der Waals surface area contributed by atoms with E-state index in [-0.39, 0.29) is 27.1 Å². The Hall–Kier alpha value is -2.20. The lowest BCUT2D eigenvalue weighted by Gasteiger charge is -2.18. The number of carbonyl (C=O) groups excluding carboxylic acids is 1. The van der Waals surface area contributed by atoms with Crippen molar-refractivity contribution in [2.75, 3.05) is 20.2 Å². The first-order chi connectivity index (χ1) is 10.4. The maximum atomic E-state index is 12.3. The van der Waals surface area contributed by atoms with Crippen LogP contribution in [-0.4, -0.2) is 41.2 Å². The molecule has 0 aliphatic heterocycles. The highest BCUT2D eigenvalue weighted by molar-refractivity contribution is 9.10. The molecule has 0 spiro atoms. The summed E-state index contributed by atoms with van der Waals surface area (Å²) in [4.78, 5) is 13.7. The van der Waals surface area contributed by atoms with E-state index in [1.165, 1.54) is 24.1 Å². The number of aromatic hydroxyl groups is 1. The van der Waals surface area contributed by atoms with E-state index in [9.17, 15) is 20.3 Å². The number of phenolic OH excluding ortho intramolecular Hbond substituents is 1.